The molecule has 0 bridgehead atoms. The van der Waals surface area contributed by atoms with Gasteiger partial charge in [0.15, 0.2) is 0 Å². The van der Waals surface area contributed by atoms with Crippen LogP contribution in [0.3, 0.4) is 0 Å². The third-order valence-corrected chi connectivity index (χ3v) is 4.54. The second kappa shape index (κ2) is 6.44. The first kappa shape index (κ1) is 14.6. The fraction of sp³-hybridized carbons (Fsp3) is 0.400. The molecule has 0 atom stereocenters. The average Bonchev–Trinajstić information content (AvgIpc) is 2.24. The van der Waals surface area contributed by atoms with Crippen molar-refractivity contribution < 1.29 is 12.8 Å². The molecule has 0 aromatic heterocycles. The lowest BCUT2D eigenvalue weighted by molar-refractivity contribution is 0.575. The first-order valence-corrected chi connectivity index (χ1v) is 7.40. The van der Waals surface area contributed by atoms with E-state index < -0.39 is 15.8 Å². The van der Waals surface area contributed by atoms with E-state index in [1.807, 2.05) is 0 Å². The maximum atomic E-state index is 12.8. The van der Waals surface area contributed by atoms with Gasteiger partial charge in [0.1, 0.15) is 5.82 Å². The van der Waals surface area contributed by atoms with Crippen LogP contribution in [0.25, 0.3) is 0 Å². The summed E-state index contributed by atoms with van der Waals surface area (Å²) in [5, 5.41) is 0. The van der Waals surface area contributed by atoms with Crippen molar-refractivity contribution in [2.45, 2.75) is 17.7 Å². The predicted molar refractivity (Wildman–Crippen MR) is 67.6 cm³/mol. The van der Waals surface area contributed by atoms with Gasteiger partial charge in [-0.15, -0.1) is 0 Å². The number of hydrogen-bond donors (Lipinski definition) is 2. The number of halogens is 2. The van der Waals surface area contributed by atoms with Gasteiger partial charge in [-0.2, -0.15) is 0 Å². The summed E-state index contributed by atoms with van der Waals surface area (Å²) in [5.41, 5.74) is 5.30. The van der Waals surface area contributed by atoms with Crippen molar-refractivity contribution >= 4 is 26.0 Å². The number of nitrogens with two attached hydrogens (primary N) is 1. The van der Waals surface area contributed by atoms with Crippen LogP contribution in [0.4, 0.5) is 4.39 Å². The van der Waals surface area contributed by atoms with E-state index in [0.29, 0.717) is 19.5 Å². The minimum absolute atomic E-state index is 0.0339. The predicted octanol–water partition coefficient (Wildman–Crippen LogP) is 1.61. The van der Waals surface area contributed by atoms with Crippen molar-refractivity contribution in [3.05, 3.63) is 28.5 Å². The van der Waals surface area contributed by atoms with E-state index in [9.17, 15) is 12.8 Å². The van der Waals surface area contributed by atoms with Crippen LogP contribution in [0.2, 0.25) is 0 Å². The zero-order chi connectivity index (χ0) is 12.9. The van der Waals surface area contributed by atoms with Gasteiger partial charge in [0.05, 0.1) is 4.90 Å². The molecular formula is C10H14BrFN2O2S. The third-order valence-electron chi connectivity index (χ3n) is 2.11. The van der Waals surface area contributed by atoms with E-state index in [2.05, 4.69) is 20.7 Å². The summed E-state index contributed by atoms with van der Waals surface area (Å²) in [6, 6.07) is 3.46. The molecular weight excluding hydrogens is 311 g/mol. The number of nitrogens with one attached hydrogen (secondary N) is 1. The highest BCUT2D eigenvalue weighted by atomic mass is 79.9. The van der Waals surface area contributed by atoms with E-state index in [1.165, 1.54) is 6.07 Å². The molecule has 0 spiro atoms. The molecule has 1 rings (SSSR count). The maximum Gasteiger partial charge on any atom is 0.241 e. The standard InChI is InChI=1S/C10H14BrFN2O2S/c11-9-7-8(12)3-4-10(9)17(15,16)14-6-2-1-5-13/h3-4,7,14H,1-2,5-6,13H2. The Bertz CT molecular complexity index is 479. The number of sulfonamides is 1. The minimum Gasteiger partial charge on any atom is -0.330 e. The summed E-state index contributed by atoms with van der Waals surface area (Å²) in [5.74, 6) is -0.487. The highest BCUT2D eigenvalue weighted by Crippen LogP contribution is 2.22. The normalized spacial score (nSPS) is 11.7. The Morgan fingerprint density at radius 2 is 2.06 bits per heavy atom. The Hall–Kier alpha value is -0.500. The molecule has 0 saturated heterocycles. The van der Waals surface area contributed by atoms with Crippen molar-refractivity contribution in [3.8, 4) is 0 Å². The lowest BCUT2D eigenvalue weighted by atomic mass is 10.3. The Balaban J connectivity index is 2.76. The summed E-state index contributed by atoms with van der Waals surface area (Å²) >= 11 is 3.03. The SMILES string of the molecule is NCCCCNS(=O)(=O)c1ccc(F)cc1Br. The molecule has 0 amide bonds. The summed E-state index contributed by atoms with van der Waals surface area (Å²) < 4.78 is 39.1. The third kappa shape index (κ3) is 4.34. The van der Waals surface area contributed by atoms with Gasteiger partial charge in [0.2, 0.25) is 10.0 Å². The topological polar surface area (TPSA) is 72.2 Å². The van der Waals surface area contributed by atoms with Crippen LogP contribution in [0, 0.1) is 5.82 Å². The molecule has 0 unspecified atom stereocenters. The minimum atomic E-state index is -3.59. The molecule has 1 aromatic carbocycles. The zero-order valence-electron chi connectivity index (χ0n) is 9.12. The summed E-state index contributed by atoms with van der Waals surface area (Å²) in [4.78, 5) is 0.0339. The first-order valence-electron chi connectivity index (χ1n) is 5.12. The summed E-state index contributed by atoms with van der Waals surface area (Å²) in [6.07, 6.45) is 1.43. The van der Waals surface area contributed by atoms with Gasteiger partial charge in [-0.3, -0.25) is 0 Å². The van der Waals surface area contributed by atoms with E-state index in [1.54, 1.807) is 0 Å². The highest BCUT2D eigenvalue weighted by Gasteiger charge is 2.17. The monoisotopic (exact) mass is 324 g/mol. The second-order valence-corrected chi connectivity index (χ2v) is 6.06. The van der Waals surface area contributed by atoms with Gasteiger partial charge >= 0.3 is 0 Å². The van der Waals surface area contributed by atoms with Gasteiger partial charge in [0.25, 0.3) is 0 Å². The van der Waals surface area contributed by atoms with Crippen LogP contribution in [-0.4, -0.2) is 21.5 Å². The van der Waals surface area contributed by atoms with Crippen LogP contribution < -0.4 is 10.5 Å². The van der Waals surface area contributed by atoms with Crippen molar-refractivity contribution in [2.75, 3.05) is 13.1 Å². The molecule has 17 heavy (non-hydrogen) atoms. The van der Waals surface area contributed by atoms with Crippen LogP contribution in [0.15, 0.2) is 27.6 Å². The largest absolute Gasteiger partial charge is 0.330 e. The Kier molecular flexibility index (Phi) is 5.51. The molecule has 0 aliphatic rings. The number of benzene rings is 1. The van der Waals surface area contributed by atoms with Crippen LogP contribution in [-0.2, 0) is 10.0 Å². The molecule has 4 nitrogen and oxygen atoms in total. The van der Waals surface area contributed by atoms with Gasteiger partial charge in [-0.05, 0) is 53.5 Å². The molecule has 96 valence electrons. The maximum absolute atomic E-state index is 12.8. The van der Waals surface area contributed by atoms with E-state index in [0.717, 1.165) is 18.6 Å². The highest BCUT2D eigenvalue weighted by molar-refractivity contribution is 9.10. The van der Waals surface area contributed by atoms with E-state index in [-0.39, 0.29) is 9.37 Å². The molecule has 1 aromatic rings. The van der Waals surface area contributed by atoms with E-state index in [4.69, 9.17) is 5.73 Å². The fourth-order valence-corrected chi connectivity index (χ4v) is 3.37. The van der Waals surface area contributed by atoms with Crippen LogP contribution in [0.5, 0.6) is 0 Å². The van der Waals surface area contributed by atoms with E-state index >= 15 is 0 Å². The van der Waals surface area contributed by atoms with Gasteiger partial charge in [-0.25, -0.2) is 17.5 Å². The average molecular weight is 325 g/mol. The number of rotatable bonds is 6. The second-order valence-electron chi connectivity index (χ2n) is 3.47. The first-order chi connectivity index (χ1) is 7.97. The quantitative estimate of drug-likeness (QED) is 0.781. The Morgan fingerprint density at radius 3 is 2.65 bits per heavy atom. The van der Waals surface area contributed by atoms with Gasteiger partial charge in [-0.1, -0.05) is 0 Å². The van der Waals surface area contributed by atoms with Crippen molar-refractivity contribution in [2.24, 2.45) is 5.73 Å². The van der Waals surface area contributed by atoms with Crippen LogP contribution >= 0.6 is 15.9 Å². The molecule has 3 N–H and O–H groups in total. The molecule has 0 heterocycles. The molecule has 0 fully saturated rings. The molecule has 7 heteroatoms. The Labute approximate surface area is 109 Å². The van der Waals surface area contributed by atoms with Crippen LogP contribution in [0.1, 0.15) is 12.8 Å². The van der Waals surface area contributed by atoms with Crippen molar-refractivity contribution in [1.29, 1.82) is 0 Å². The van der Waals surface area contributed by atoms with Gasteiger partial charge < -0.3 is 5.73 Å². The number of hydrogen-bond acceptors (Lipinski definition) is 3. The molecule has 0 saturated carbocycles. The summed E-state index contributed by atoms with van der Waals surface area (Å²) in [6.45, 7) is 0.853. The zero-order valence-corrected chi connectivity index (χ0v) is 11.5. The molecule has 0 radical (unpaired) electrons. The van der Waals surface area contributed by atoms with Crippen molar-refractivity contribution in [3.63, 3.8) is 0 Å². The van der Waals surface area contributed by atoms with Gasteiger partial charge in [0, 0.05) is 11.0 Å². The molecule has 0 aliphatic carbocycles. The smallest absolute Gasteiger partial charge is 0.241 e. The Morgan fingerprint density at radius 1 is 1.35 bits per heavy atom. The lowest BCUT2D eigenvalue weighted by Crippen LogP contribution is -2.25. The van der Waals surface area contributed by atoms with Crippen molar-refractivity contribution in [1.82, 2.24) is 4.72 Å². The number of unbranched alkanes of at least 4 members (excludes halogenated alkanes) is 1. The molecule has 0 aliphatic heterocycles. The summed E-state index contributed by atoms with van der Waals surface area (Å²) in [7, 11) is -3.59. The fourth-order valence-electron chi connectivity index (χ4n) is 1.25. The lowest BCUT2D eigenvalue weighted by Gasteiger charge is -2.08.